The van der Waals surface area contributed by atoms with Crippen molar-refractivity contribution in [3.05, 3.63) is 51.4 Å². The zero-order valence-corrected chi connectivity index (χ0v) is 12.0. The number of aryl methyl sites for hydroxylation is 1. The molecule has 1 aromatic carbocycles. The third kappa shape index (κ3) is 2.48. The topological polar surface area (TPSA) is 35.0 Å². The maximum Gasteiger partial charge on any atom is 0.316 e. The molecule has 0 bridgehead atoms. The third-order valence-electron chi connectivity index (χ3n) is 3.16. The van der Waals surface area contributed by atoms with Crippen LogP contribution in [0.25, 0.3) is 0 Å². The Morgan fingerprint density at radius 1 is 1.17 bits per heavy atom. The highest BCUT2D eigenvalue weighted by Crippen LogP contribution is 2.32. The molecule has 0 amide bonds. The molecule has 18 heavy (non-hydrogen) atoms. The molecular weight excluding hydrogens is 339 g/mol. The monoisotopic (exact) mass is 352 g/mol. The smallest absolute Gasteiger partial charge is 0.316 e. The fourth-order valence-electron chi connectivity index (χ4n) is 2.32. The highest BCUT2D eigenvalue weighted by atomic mass is 127. The molecule has 1 heterocycles. The number of halogens is 1. The SMILES string of the molecule is Ic1cnc(OC2CCCc3ccccc32)nc1. The summed E-state index contributed by atoms with van der Waals surface area (Å²) in [7, 11) is 0. The van der Waals surface area contributed by atoms with Crippen LogP contribution in [0.15, 0.2) is 36.7 Å². The first kappa shape index (κ1) is 11.9. The van der Waals surface area contributed by atoms with Gasteiger partial charge in [-0.05, 0) is 53.0 Å². The van der Waals surface area contributed by atoms with Gasteiger partial charge in [0.15, 0.2) is 0 Å². The predicted molar refractivity (Wildman–Crippen MR) is 77.5 cm³/mol. The van der Waals surface area contributed by atoms with Crippen LogP contribution in [0.3, 0.4) is 0 Å². The molecule has 0 aliphatic heterocycles. The van der Waals surface area contributed by atoms with Crippen molar-refractivity contribution in [2.24, 2.45) is 0 Å². The molecule has 3 rings (SSSR count). The molecule has 3 nitrogen and oxygen atoms in total. The van der Waals surface area contributed by atoms with Gasteiger partial charge in [-0.15, -0.1) is 0 Å². The standard InChI is InChI=1S/C14H13IN2O/c15-11-8-16-14(17-9-11)18-13-7-3-5-10-4-1-2-6-12(10)13/h1-2,4,6,8-9,13H,3,5,7H2. The quantitative estimate of drug-likeness (QED) is 0.776. The first-order chi connectivity index (χ1) is 8.83. The van der Waals surface area contributed by atoms with Crippen molar-refractivity contribution in [3.8, 4) is 6.01 Å². The van der Waals surface area contributed by atoms with Crippen LogP contribution in [-0.2, 0) is 6.42 Å². The van der Waals surface area contributed by atoms with Crippen LogP contribution in [-0.4, -0.2) is 9.97 Å². The van der Waals surface area contributed by atoms with Crippen LogP contribution in [0.4, 0.5) is 0 Å². The molecule has 1 aliphatic carbocycles. The lowest BCUT2D eigenvalue weighted by molar-refractivity contribution is 0.167. The van der Waals surface area contributed by atoms with Crippen molar-refractivity contribution in [1.82, 2.24) is 9.97 Å². The summed E-state index contributed by atoms with van der Waals surface area (Å²) in [6.07, 6.45) is 6.98. The molecule has 1 aromatic heterocycles. The Hall–Kier alpha value is -1.17. The Morgan fingerprint density at radius 3 is 2.78 bits per heavy atom. The van der Waals surface area contributed by atoms with Gasteiger partial charge in [0.1, 0.15) is 6.10 Å². The van der Waals surface area contributed by atoms with E-state index in [1.54, 1.807) is 12.4 Å². The highest BCUT2D eigenvalue weighted by molar-refractivity contribution is 14.1. The summed E-state index contributed by atoms with van der Waals surface area (Å²) >= 11 is 2.19. The predicted octanol–water partition coefficient (Wildman–Crippen LogP) is 3.54. The molecule has 1 atom stereocenters. The van der Waals surface area contributed by atoms with Crippen molar-refractivity contribution in [2.45, 2.75) is 25.4 Å². The van der Waals surface area contributed by atoms with E-state index in [1.807, 2.05) is 0 Å². The third-order valence-corrected chi connectivity index (χ3v) is 3.72. The average Bonchev–Trinajstić information content (AvgIpc) is 2.42. The zero-order valence-electron chi connectivity index (χ0n) is 9.84. The zero-order chi connectivity index (χ0) is 12.4. The Labute approximate surface area is 120 Å². The Bertz CT molecular complexity index is 542. The summed E-state index contributed by atoms with van der Waals surface area (Å²) in [6, 6.07) is 8.95. The lowest BCUT2D eigenvalue weighted by Crippen LogP contribution is -2.16. The van der Waals surface area contributed by atoms with Crippen LogP contribution in [0.5, 0.6) is 6.01 Å². The van der Waals surface area contributed by atoms with Gasteiger partial charge in [0.05, 0.1) is 0 Å². The first-order valence-corrected chi connectivity index (χ1v) is 7.13. The van der Waals surface area contributed by atoms with E-state index in [0.29, 0.717) is 6.01 Å². The van der Waals surface area contributed by atoms with E-state index in [1.165, 1.54) is 11.1 Å². The summed E-state index contributed by atoms with van der Waals surface area (Å²) < 4.78 is 6.93. The average molecular weight is 352 g/mol. The lowest BCUT2D eigenvalue weighted by atomic mass is 9.89. The van der Waals surface area contributed by atoms with Gasteiger partial charge in [-0.2, -0.15) is 0 Å². The van der Waals surface area contributed by atoms with Crippen molar-refractivity contribution < 1.29 is 4.74 Å². The van der Waals surface area contributed by atoms with Gasteiger partial charge in [-0.1, -0.05) is 24.3 Å². The van der Waals surface area contributed by atoms with Gasteiger partial charge in [0.2, 0.25) is 0 Å². The van der Waals surface area contributed by atoms with Gasteiger partial charge in [-0.3, -0.25) is 0 Å². The van der Waals surface area contributed by atoms with Crippen molar-refractivity contribution in [3.63, 3.8) is 0 Å². The molecule has 0 radical (unpaired) electrons. The van der Waals surface area contributed by atoms with E-state index in [4.69, 9.17) is 4.74 Å². The first-order valence-electron chi connectivity index (χ1n) is 6.05. The Kier molecular flexibility index (Phi) is 3.45. The summed E-state index contributed by atoms with van der Waals surface area (Å²) in [5.74, 6) is 0. The molecule has 0 fully saturated rings. The number of hydrogen-bond acceptors (Lipinski definition) is 3. The summed E-state index contributed by atoms with van der Waals surface area (Å²) in [4.78, 5) is 8.41. The second-order valence-electron chi connectivity index (χ2n) is 4.38. The molecule has 92 valence electrons. The number of aromatic nitrogens is 2. The molecule has 0 N–H and O–H groups in total. The maximum atomic E-state index is 5.91. The van der Waals surface area contributed by atoms with Gasteiger partial charge in [0, 0.05) is 16.0 Å². The number of fused-ring (bicyclic) bond motifs is 1. The van der Waals surface area contributed by atoms with Crippen LogP contribution < -0.4 is 4.74 Å². The van der Waals surface area contributed by atoms with Crippen LogP contribution in [0.2, 0.25) is 0 Å². The van der Waals surface area contributed by atoms with Gasteiger partial charge < -0.3 is 4.74 Å². The summed E-state index contributed by atoms with van der Waals surface area (Å²) in [5, 5.41) is 0. The molecular formula is C14H13IN2O. The van der Waals surface area contributed by atoms with Crippen LogP contribution >= 0.6 is 22.6 Å². The van der Waals surface area contributed by atoms with Crippen molar-refractivity contribution >= 4 is 22.6 Å². The number of nitrogens with zero attached hydrogens (tertiary/aromatic N) is 2. The fraction of sp³-hybridized carbons (Fsp3) is 0.286. The van der Waals surface area contributed by atoms with E-state index in [-0.39, 0.29) is 6.10 Å². The highest BCUT2D eigenvalue weighted by Gasteiger charge is 2.21. The molecule has 0 saturated heterocycles. The van der Waals surface area contributed by atoms with Gasteiger partial charge >= 0.3 is 6.01 Å². The minimum absolute atomic E-state index is 0.0926. The lowest BCUT2D eigenvalue weighted by Gasteiger charge is -2.25. The van der Waals surface area contributed by atoms with E-state index >= 15 is 0 Å². The second-order valence-corrected chi connectivity index (χ2v) is 5.63. The van der Waals surface area contributed by atoms with Gasteiger partial charge in [0.25, 0.3) is 0 Å². The Balaban J connectivity index is 1.84. The van der Waals surface area contributed by atoms with E-state index in [9.17, 15) is 0 Å². The number of ether oxygens (including phenoxy) is 1. The van der Waals surface area contributed by atoms with Crippen molar-refractivity contribution in [1.29, 1.82) is 0 Å². The fourth-order valence-corrected chi connectivity index (χ4v) is 2.60. The number of hydrogen-bond donors (Lipinski definition) is 0. The largest absolute Gasteiger partial charge is 0.455 e. The van der Waals surface area contributed by atoms with Gasteiger partial charge in [-0.25, -0.2) is 9.97 Å². The normalized spacial score (nSPS) is 18.2. The number of benzene rings is 1. The van der Waals surface area contributed by atoms with E-state index in [0.717, 1.165) is 22.8 Å². The minimum Gasteiger partial charge on any atom is -0.455 e. The Morgan fingerprint density at radius 2 is 1.94 bits per heavy atom. The molecule has 2 aromatic rings. The van der Waals surface area contributed by atoms with Crippen molar-refractivity contribution in [2.75, 3.05) is 0 Å². The summed E-state index contributed by atoms with van der Waals surface area (Å²) in [6.45, 7) is 0. The minimum atomic E-state index is 0.0926. The molecule has 0 saturated carbocycles. The molecule has 1 unspecified atom stereocenters. The molecule has 0 spiro atoms. The second kappa shape index (κ2) is 5.22. The molecule has 4 heteroatoms. The van der Waals surface area contributed by atoms with E-state index in [2.05, 4.69) is 56.8 Å². The van der Waals surface area contributed by atoms with Crippen LogP contribution in [0, 0.1) is 3.57 Å². The molecule has 1 aliphatic rings. The number of rotatable bonds is 2. The van der Waals surface area contributed by atoms with E-state index < -0.39 is 0 Å². The van der Waals surface area contributed by atoms with Crippen LogP contribution in [0.1, 0.15) is 30.1 Å². The summed E-state index contributed by atoms with van der Waals surface area (Å²) in [5.41, 5.74) is 2.67. The maximum absolute atomic E-state index is 5.91.